The van der Waals surface area contributed by atoms with Crippen molar-refractivity contribution in [2.24, 2.45) is 11.3 Å². The standard InChI is InChI=1S/C13H23NO3/c1-13(2,3)9-17-11(15)7-8-14-12(16)10-5-4-6-10/h10H,4-9H2,1-3H3,(H,14,16). The van der Waals surface area contributed by atoms with Crippen molar-refractivity contribution in [2.75, 3.05) is 13.2 Å². The molecule has 1 rings (SSSR count). The Labute approximate surface area is 103 Å². The minimum absolute atomic E-state index is 0.00909. The van der Waals surface area contributed by atoms with E-state index in [0.717, 1.165) is 19.3 Å². The van der Waals surface area contributed by atoms with E-state index in [0.29, 0.717) is 13.2 Å². The molecule has 17 heavy (non-hydrogen) atoms. The average Bonchev–Trinajstić information content (AvgIpc) is 2.10. The Morgan fingerprint density at radius 1 is 1.29 bits per heavy atom. The van der Waals surface area contributed by atoms with Crippen LogP contribution in [-0.4, -0.2) is 25.0 Å². The van der Waals surface area contributed by atoms with E-state index in [9.17, 15) is 9.59 Å². The smallest absolute Gasteiger partial charge is 0.307 e. The molecule has 0 spiro atoms. The average molecular weight is 241 g/mol. The summed E-state index contributed by atoms with van der Waals surface area (Å²) in [5, 5.41) is 2.77. The molecule has 0 heterocycles. The lowest BCUT2D eigenvalue weighted by molar-refractivity contribution is -0.146. The first kappa shape index (κ1) is 14.0. The van der Waals surface area contributed by atoms with E-state index in [1.54, 1.807) is 0 Å². The second kappa shape index (κ2) is 6.03. The molecule has 4 nitrogen and oxygen atoms in total. The number of amides is 1. The quantitative estimate of drug-likeness (QED) is 0.748. The first-order valence-corrected chi connectivity index (χ1v) is 6.32. The van der Waals surface area contributed by atoms with Gasteiger partial charge in [-0.05, 0) is 18.3 Å². The van der Waals surface area contributed by atoms with Crippen LogP contribution in [-0.2, 0) is 14.3 Å². The molecule has 1 aliphatic rings. The van der Waals surface area contributed by atoms with Crippen LogP contribution in [0.3, 0.4) is 0 Å². The predicted octanol–water partition coefficient (Wildman–Crippen LogP) is 1.88. The van der Waals surface area contributed by atoms with E-state index in [2.05, 4.69) is 5.32 Å². The minimum Gasteiger partial charge on any atom is -0.465 e. The zero-order chi connectivity index (χ0) is 12.9. The van der Waals surface area contributed by atoms with Gasteiger partial charge in [-0.1, -0.05) is 27.2 Å². The van der Waals surface area contributed by atoms with Gasteiger partial charge in [0.2, 0.25) is 5.91 Å². The predicted molar refractivity (Wildman–Crippen MR) is 65.4 cm³/mol. The molecule has 1 amide bonds. The number of hydrogen-bond donors (Lipinski definition) is 1. The van der Waals surface area contributed by atoms with Crippen molar-refractivity contribution < 1.29 is 14.3 Å². The highest BCUT2D eigenvalue weighted by Gasteiger charge is 2.24. The van der Waals surface area contributed by atoms with Crippen molar-refractivity contribution in [1.82, 2.24) is 5.32 Å². The third kappa shape index (κ3) is 5.71. The lowest BCUT2D eigenvalue weighted by Gasteiger charge is -2.24. The summed E-state index contributed by atoms with van der Waals surface area (Å²) in [6.07, 6.45) is 3.38. The number of ether oxygens (including phenoxy) is 1. The monoisotopic (exact) mass is 241 g/mol. The van der Waals surface area contributed by atoms with Crippen molar-refractivity contribution in [3.63, 3.8) is 0 Å². The molecule has 4 heteroatoms. The van der Waals surface area contributed by atoms with Crippen LogP contribution < -0.4 is 5.32 Å². The van der Waals surface area contributed by atoms with Gasteiger partial charge in [0.1, 0.15) is 0 Å². The van der Waals surface area contributed by atoms with Crippen molar-refractivity contribution in [3.8, 4) is 0 Å². The van der Waals surface area contributed by atoms with Crippen LogP contribution in [0.15, 0.2) is 0 Å². The van der Waals surface area contributed by atoms with Gasteiger partial charge in [0, 0.05) is 12.5 Å². The van der Waals surface area contributed by atoms with E-state index < -0.39 is 0 Å². The van der Waals surface area contributed by atoms with Gasteiger partial charge in [-0.3, -0.25) is 9.59 Å². The van der Waals surface area contributed by atoms with Crippen molar-refractivity contribution in [3.05, 3.63) is 0 Å². The van der Waals surface area contributed by atoms with Crippen LogP contribution in [0.5, 0.6) is 0 Å². The number of carbonyl (C=O) groups excluding carboxylic acids is 2. The van der Waals surface area contributed by atoms with Gasteiger partial charge < -0.3 is 10.1 Å². The summed E-state index contributed by atoms with van der Waals surface area (Å²) in [5.41, 5.74) is -0.00909. The Kier molecular flexibility index (Phi) is 4.97. The summed E-state index contributed by atoms with van der Waals surface area (Å²) >= 11 is 0. The Morgan fingerprint density at radius 3 is 2.41 bits per heavy atom. The van der Waals surface area contributed by atoms with Crippen LogP contribution in [0.2, 0.25) is 0 Å². The molecular weight excluding hydrogens is 218 g/mol. The Bertz CT molecular complexity index is 277. The molecule has 0 aromatic heterocycles. The first-order valence-electron chi connectivity index (χ1n) is 6.32. The van der Waals surface area contributed by atoms with Crippen LogP contribution in [0, 0.1) is 11.3 Å². The SMILES string of the molecule is CC(C)(C)COC(=O)CCNC(=O)C1CCC1. The summed E-state index contributed by atoms with van der Waals surface area (Å²) < 4.78 is 5.10. The maximum atomic E-state index is 11.5. The molecule has 0 saturated heterocycles. The normalized spacial score (nSPS) is 16.2. The van der Waals surface area contributed by atoms with Gasteiger partial charge >= 0.3 is 5.97 Å². The highest BCUT2D eigenvalue weighted by molar-refractivity contribution is 5.80. The zero-order valence-electron chi connectivity index (χ0n) is 11.0. The number of nitrogens with one attached hydrogen (secondary N) is 1. The molecule has 0 aliphatic heterocycles. The molecule has 0 atom stereocenters. The maximum Gasteiger partial charge on any atom is 0.307 e. The first-order chi connectivity index (χ1) is 7.88. The fraction of sp³-hybridized carbons (Fsp3) is 0.846. The fourth-order valence-electron chi connectivity index (χ4n) is 1.47. The second-order valence-corrected chi connectivity index (χ2v) is 5.89. The van der Waals surface area contributed by atoms with Gasteiger partial charge in [-0.15, -0.1) is 0 Å². The zero-order valence-corrected chi connectivity index (χ0v) is 11.0. The Hall–Kier alpha value is -1.06. The van der Waals surface area contributed by atoms with Crippen LogP contribution in [0.25, 0.3) is 0 Å². The summed E-state index contributed by atoms with van der Waals surface area (Å²) in [4.78, 5) is 22.8. The highest BCUT2D eigenvalue weighted by atomic mass is 16.5. The van der Waals surface area contributed by atoms with Gasteiger partial charge in [-0.25, -0.2) is 0 Å². The summed E-state index contributed by atoms with van der Waals surface area (Å²) in [6, 6.07) is 0. The molecule has 1 fully saturated rings. The van der Waals surface area contributed by atoms with Crippen molar-refractivity contribution in [1.29, 1.82) is 0 Å². The Morgan fingerprint density at radius 2 is 1.94 bits per heavy atom. The largest absolute Gasteiger partial charge is 0.465 e. The molecule has 0 bridgehead atoms. The van der Waals surface area contributed by atoms with Gasteiger partial charge in [0.25, 0.3) is 0 Å². The van der Waals surface area contributed by atoms with Crippen LogP contribution in [0.1, 0.15) is 46.5 Å². The third-order valence-corrected chi connectivity index (χ3v) is 2.77. The van der Waals surface area contributed by atoms with Gasteiger partial charge in [-0.2, -0.15) is 0 Å². The van der Waals surface area contributed by atoms with Gasteiger partial charge in [0.15, 0.2) is 0 Å². The maximum absolute atomic E-state index is 11.5. The van der Waals surface area contributed by atoms with E-state index in [4.69, 9.17) is 4.74 Å². The molecule has 98 valence electrons. The molecule has 1 N–H and O–H groups in total. The Balaban J connectivity index is 2.05. The highest BCUT2D eigenvalue weighted by Crippen LogP contribution is 2.26. The molecule has 0 unspecified atom stereocenters. The minimum atomic E-state index is -0.242. The summed E-state index contributed by atoms with van der Waals surface area (Å²) in [6.45, 7) is 6.84. The number of esters is 1. The number of rotatable bonds is 5. The number of hydrogen-bond acceptors (Lipinski definition) is 3. The molecule has 0 aromatic carbocycles. The lowest BCUT2D eigenvalue weighted by Crippen LogP contribution is -2.35. The molecule has 0 aromatic rings. The topological polar surface area (TPSA) is 55.4 Å². The van der Waals surface area contributed by atoms with E-state index in [1.807, 2.05) is 20.8 Å². The summed E-state index contributed by atoms with van der Waals surface area (Å²) in [7, 11) is 0. The van der Waals surface area contributed by atoms with Gasteiger partial charge in [0.05, 0.1) is 13.0 Å². The molecule has 1 aliphatic carbocycles. The number of carbonyl (C=O) groups is 2. The van der Waals surface area contributed by atoms with E-state index in [-0.39, 0.29) is 29.6 Å². The lowest BCUT2D eigenvalue weighted by atomic mass is 9.85. The third-order valence-electron chi connectivity index (χ3n) is 2.77. The van der Waals surface area contributed by atoms with E-state index >= 15 is 0 Å². The van der Waals surface area contributed by atoms with Crippen LogP contribution in [0.4, 0.5) is 0 Å². The fourth-order valence-corrected chi connectivity index (χ4v) is 1.47. The van der Waals surface area contributed by atoms with Crippen LogP contribution >= 0.6 is 0 Å². The van der Waals surface area contributed by atoms with Crippen molar-refractivity contribution >= 4 is 11.9 Å². The second-order valence-electron chi connectivity index (χ2n) is 5.89. The summed E-state index contributed by atoms with van der Waals surface area (Å²) in [5.74, 6) is 0.0225. The van der Waals surface area contributed by atoms with E-state index in [1.165, 1.54) is 0 Å². The molecule has 1 saturated carbocycles. The molecule has 0 radical (unpaired) electrons. The van der Waals surface area contributed by atoms with Crippen molar-refractivity contribution in [2.45, 2.75) is 46.5 Å². The molecular formula is C13H23NO3.